The molecule has 2 nitrogen and oxygen atoms in total. The second kappa shape index (κ2) is 6.41. The standard InChI is InChI=1S/C21H29NO/c23-21(19-7-3-1-4-8-19,11-14-22-12-5-2-6-13-22)20-16-17-9-10-18(20)15-17/h1,3-4,7-10,17-18,20,23H,2,5-6,11-16H2/t17-,18+,20+,21-/m1/s1. The number of nitrogens with zero attached hydrogens (tertiary/aromatic N) is 1. The number of aliphatic hydroxyl groups is 1. The molecule has 2 aliphatic carbocycles. The SMILES string of the molecule is O[C@](CCN1CCCCC1)(c1ccccc1)[C@H]1C[C@@H]2C=C[C@H]1C2. The smallest absolute Gasteiger partial charge is 0.0942 e. The molecule has 3 aliphatic rings. The van der Waals surface area contributed by atoms with Crippen molar-refractivity contribution in [3.05, 3.63) is 48.0 Å². The van der Waals surface area contributed by atoms with Crippen molar-refractivity contribution in [2.75, 3.05) is 19.6 Å². The Kier molecular flexibility index (Phi) is 4.29. The first-order valence-electron chi connectivity index (χ1n) is 9.44. The fourth-order valence-electron chi connectivity index (χ4n) is 5.11. The van der Waals surface area contributed by atoms with Gasteiger partial charge in [-0.05, 0) is 68.5 Å². The van der Waals surface area contributed by atoms with E-state index in [0.717, 1.165) is 24.9 Å². The van der Waals surface area contributed by atoms with Gasteiger partial charge in [-0.3, -0.25) is 0 Å². The lowest BCUT2D eigenvalue weighted by Gasteiger charge is -2.40. The Hall–Kier alpha value is -1.12. The zero-order valence-electron chi connectivity index (χ0n) is 14.0. The third kappa shape index (κ3) is 2.99. The fourth-order valence-corrected chi connectivity index (χ4v) is 5.11. The molecule has 1 aromatic carbocycles. The summed E-state index contributed by atoms with van der Waals surface area (Å²) in [7, 11) is 0. The molecular weight excluding hydrogens is 282 g/mol. The predicted molar refractivity (Wildman–Crippen MR) is 94.1 cm³/mol. The summed E-state index contributed by atoms with van der Waals surface area (Å²) in [6.45, 7) is 3.45. The van der Waals surface area contributed by atoms with Gasteiger partial charge in [0.1, 0.15) is 0 Å². The van der Waals surface area contributed by atoms with E-state index in [2.05, 4.69) is 47.4 Å². The first-order valence-corrected chi connectivity index (χ1v) is 9.44. The zero-order chi connectivity index (χ0) is 15.7. The minimum absolute atomic E-state index is 0.393. The van der Waals surface area contributed by atoms with Gasteiger partial charge >= 0.3 is 0 Å². The van der Waals surface area contributed by atoms with Gasteiger partial charge in [-0.15, -0.1) is 0 Å². The van der Waals surface area contributed by atoms with Crippen molar-refractivity contribution in [2.24, 2.45) is 17.8 Å². The van der Waals surface area contributed by atoms with Gasteiger partial charge in [0.05, 0.1) is 5.60 Å². The number of allylic oxidation sites excluding steroid dienone is 2. The van der Waals surface area contributed by atoms with E-state index in [4.69, 9.17) is 0 Å². The topological polar surface area (TPSA) is 23.5 Å². The summed E-state index contributed by atoms with van der Waals surface area (Å²) >= 11 is 0. The highest BCUT2D eigenvalue weighted by molar-refractivity contribution is 5.27. The summed E-state index contributed by atoms with van der Waals surface area (Å²) in [6, 6.07) is 10.5. The maximum Gasteiger partial charge on any atom is 0.0942 e. The molecule has 1 saturated heterocycles. The molecule has 0 spiro atoms. The number of rotatable bonds is 5. The van der Waals surface area contributed by atoms with Crippen LogP contribution >= 0.6 is 0 Å². The maximum absolute atomic E-state index is 11.8. The van der Waals surface area contributed by atoms with Crippen LogP contribution < -0.4 is 0 Å². The monoisotopic (exact) mass is 311 g/mol. The van der Waals surface area contributed by atoms with Crippen molar-refractivity contribution in [3.8, 4) is 0 Å². The van der Waals surface area contributed by atoms with E-state index in [-0.39, 0.29) is 0 Å². The molecule has 2 fully saturated rings. The third-order valence-corrected chi connectivity index (χ3v) is 6.42. The summed E-state index contributed by atoms with van der Waals surface area (Å²) in [5.74, 6) is 1.67. The van der Waals surface area contributed by atoms with Crippen molar-refractivity contribution >= 4 is 0 Å². The largest absolute Gasteiger partial charge is 0.385 e. The highest BCUT2D eigenvalue weighted by atomic mass is 16.3. The van der Waals surface area contributed by atoms with Crippen LogP contribution in [0.15, 0.2) is 42.5 Å². The molecule has 2 bridgehead atoms. The Bertz CT molecular complexity index is 548. The Labute approximate surface area is 140 Å². The maximum atomic E-state index is 11.8. The normalized spacial score (nSPS) is 33.0. The number of piperidine rings is 1. The molecule has 4 rings (SSSR count). The van der Waals surface area contributed by atoms with Crippen LogP contribution in [-0.2, 0) is 5.60 Å². The molecule has 1 saturated carbocycles. The van der Waals surface area contributed by atoms with Crippen molar-refractivity contribution in [1.29, 1.82) is 0 Å². The molecule has 0 unspecified atom stereocenters. The summed E-state index contributed by atoms with van der Waals surface area (Å²) in [5, 5.41) is 11.8. The predicted octanol–water partition coefficient (Wildman–Crippen LogP) is 3.96. The lowest BCUT2D eigenvalue weighted by Crippen LogP contribution is -2.42. The van der Waals surface area contributed by atoms with Crippen molar-refractivity contribution < 1.29 is 5.11 Å². The Balaban J connectivity index is 1.55. The van der Waals surface area contributed by atoms with E-state index >= 15 is 0 Å². The van der Waals surface area contributed by atoms with Gasteiger partial charge in [0, 0.05) is 6.54 Å². The van der Waals surface area contributed by atoms with Crippen molar-refractivity contribution in [2.45, 2.75) is 44.1 Å². The summed E-state index contributed by atoms with van der Waals surface area (Å²) < 4.78 is 0. The molecule has 1 aromatic rings. The molecule has 4 atom stereocenters. The molecule has 1 heterocycles. The van der Waals surface area contributed by atoms with Crippen LogP contribution in [0.5, 0.6) is 0 Å². The van der Waals surface area contributed by atoms with Gasteiger partial charge in [0.15, 0.2) is 0 Å². The minimum Gasteiger partial charge on any atom is -0.385 e. The van der Waals surface area contributed by atoms with Crippen LogP contribution in [0.25, 0.3) is 0 Å². The molecule has 0 radical (unpaired) electrons. The highest BCUT2D eigenvalue weighted by Gasteiger charge is 2.48. The average molecular weight is 311 g/mol. The number of benzene rings is 1. The summed E-state index contributed by atoms with van der Waals surface area (Å²) in [4.78, 5) is 2.56. The second-order valence-corrected chi connectivity index (χ2v) is 7.83. The molecule has 0 aromatic heterocycles. The average Bonchev–Trinajstić information content (AvgIpc) is 3.25. The number of fused-ring (bicyclic) bond motifs is 2. The first kappa shape index (κ1) is 15.4. The molecular formula is C21H29NO. The van der Waals surface area contributed by atoms with E-state index in [1.54, 1.807) is 0 Å². The van der Waals surface area contributed by atoms with Gasteiger partial charge in [-0.2, -0.15) is 0 Å². The third-order valence-electron chi connectivity index (χ3n) is 6.42. The Morgan fingerprint density at radius 3 is 2.43 bits per heavy atom. The van der Waals surface area contributed by atoms with E-state index in [1.807, 2.05) is 0 Å². The van der Waals surface area contributed by atoms with Crippen LogP contribution in [0.3, 0.4) is 0 Å². The molecule has 0 amide bonds. The first-order chi connectivity index (χ1) is 11.3. The van der Waals surface area contributed by atoms with Crippen molar-refractivity contribution in [1.82, 2.24) is 4.90 Å². The van der Waals surface area contributed by atoms with Crippen LogP contribution in [0.1, 0.15) is 44.1 Å². The van der Waals surface area contributed by atoms with E-state index < -0.39 is 5.60 Å². The fraction of sp³-hybridized carbons (Fsp3) is 0.619. The van der Waals surface area contributed by atoms with Gasteiger partial charge in [-0.25, -0.2) is 0 Å². The number of hydrogen-bond donors (Lipinski definition) is 1. The molecule has 124 valence electrons. The van der Waals surface area contributed by atoms with Gasteiger partial charge < -0.3 is 10.0 Å². The Morgan fingerprint density at radius 2 is 1.78 bits per heavy atom. The minimum atomic E-state index is -0.664. The van der Waals surface area contributed by atoms with Crippen molar-refractivity contribution in [3.63, 3.8) is 0 Å². The quantitative estimate of drug-likeness (QED) is 0.832. The van der Waals surface area contributed by atoms with E-state index in [9.17, 15) is 5.11 Å². The molecule has 1 aliphatic heterocycles. The van der Waals surface area contributed by atoms with E-state index in [0.29, 0.717) is 17.8 Å². The van der Waals surface area contributed by atoms with Crippen LogP contribution in [0, 0.1) is 17.8 Å². The van der Waals surface area contributed by atoms with Crippen LogP contribution in [0.4, 0.5) is 0 Å². The van der Waals surface area contributed by atoms with Crippen LogP contribution in [-0.4, -0.2) is 29.6 Å². The summed E-state index contributed by atoms with van der Waals surface area (Å²) in [6.07, 6.45) is 12.0. The van der Waals surface area contributed by atoms with E-state index in [1.165, 1.54) is 38.8 Å². The number of likely N-dealkylation sites (tertiary alicyclic amines) is 1. The zero-order valence-corrected chi connectivity index (χ0v) is 14.0. The van der Waals surface area contributed by atoms with Gasteiger partial charge in [0.2, 0.25) is 0 Å². The molecule has 2 heteroatoms. The highest BCUT2D eigenvalue weighted by Crippen LogP contribution is 2.52. The lowest BCUT2D eigenvalue weighted by molar-refractivity contribution is -0.0495. The lowest BCUT2D eigenvalue weighted by atomic mass is 9.72. The van der Waals surface area contributed by atoms with Crippen LogP contribution in [0.2, 0.25) is 0 Å². The Morgan fingerprint density at radius 1 is 1.00 bits per heavy atom. The number of hydrogen-bond acceptors (Lipinski definition) is 2. The molecule has 1 N–H and O–H groups in total. The van der Waals surface area contributed by atoms with Gasteiger partial charge in [0.25, 0.3) is 0 Å². The second-order valence-electron chi connectivity index (χ2n) is 7.83. The summed E-state index contributed by atoms with van der Waals surface area (Å²) in [5.41, 5.74) is 0.464. The van der Waals surface area contributed by atoms with Gasteiger partial charge in [-0.1, -0.05) is 48.9 Å². The molecule has 23 heavy (non-hydrogen) atoms.